The van der Waals surface area contributed by atoms with E-state index in [9.17, 15) is 18.7 Å². The van der Waals surface area contributed by atoms with Gasteiger partial charge < -0.3 is 14.7 Å². The molecule has 0 fully saturated rings. The number of nitrogens with zero attached hydrogens (tertiary/aromatic N) is 1. The van der Waals surface area contributed by atoms with E-state index < -0.39 is 12.5 Å². The molecule has 0 aromatic heterocycles. The van der Waals surface area contributed by atoms with Crippen molar-refractivity contribution in [2.24, 2.45) is 0 Å². The molecular weight excluding hydrogens is 280 g/mol. The van der Waals surface area contributed by atoms with Crippen molar-refractivity contribution in [1.29, 1.82) is 0 Å². The summed E-state index contributed by atoms with van der Waals surface area (Å²) in [6.45, 7) is 2.97. The van der Waals surface area contributed by atoms with Gasteiger partial charge in [0.15, 0.2) is 0 Å². The first-order valence-electron chi connectivity index (χ1n) is 7.07. The molecule has 0 unspecified atom stereocenters. The van der Waals surface area contributed by atoms with Gasteiger partial charge >= 0.3 is 6.09 Å². The van der Waals surface area contributed by atoms with Crippen LogP contribution in [0.2, 0.25) is 0 Å². The highest BCUT2D eigenvalue weighted by atomic mass is 19.3. The predicted molar refractivity (Wildman–Crippen MR) is 73.4 cm³/mol. The van der Waals surface area contributed by atoms with E-state index in [0.29, 0.717) is 30.7 Å². The smallest absolute Gasteiger partial charge is 0.410 e. The number of rotatable bonds is 4. The van der Waals surface area contributed by atoms with Gasteiger partial charge in [0, 0.05) is 17.7 Å². The molecule has 0 spiro atoms. The summed E-state index contributed by atoms with van der Waals surface area (Å²) in [6, 6.07) is 2.47. The van der Waals surface area contributed by atoms with Crippen LogP contribution in [0.15, 0.2) is 12.1 Å². The maximum atomic E-state index is 12.7. The van der Waals surface area contributed by atoms with Gasteiger partial charge in [0.1, 0.15) is 5.75 Å². The maximum absolute atomic E-state index is 12.7. The number of amides is 1. The minimum absolute atomic E-state index is 0.186. The number of carbonyl (C=O) groups excluding carboxylic acids is 1. The summed E-state index contributed by atoms with van der Waals surface area (Å²) in [7, 11) is 0. The van der Waals surface area contributed by atoms with Crippen LogP contribution in [-0.4, -0.2) is 29.3 Å². The number of hydrogen-bond donors (Lipinski definition) is 1. The number of phenolic OH excluding ortho intramolecular Hbond substituents is 1. The van der Waals surface area contributed by atoms with E-state index in [4.69, 9.17) is 4.74 Å². The molecule has 0 bridgehead atoms. The van der Waals surface area contributed by atoms with Crippen molar-refractivity contribution < 1.29 is 23.4 Å². The molecule has 1 heterocycles. The first-order chi connectivity index (χ1) is 10.0. The summed E-state index contributed by atoms with van der Waals surface area (Å²) in [6.07, 6.45) is -0.858. The third-order valence-corrected chi connectivity index (χ3v) is 3.57. The quantitative estimate of drug-likeness (QED) is 0.864. The lowest BCUT2D eigenvalue weighted by atomic mass is 9.96. The Morgan fingerprint density at radius 2 is 2.24 bits per heavy atom. The number of phenols is 1. The normalized spacial score (nSPS) is 14.2. The summed E-state index contributed by atoms with van der Waals surface area (Å²) in [5, 5.41) is 9.89. The van der Waals surface area contributed by atoms with Gasteiger partial charge in [-0.25, -0.2) is 13.6 Å². The van der Waals surface area contributed by atoms with E-state index in [1.165, 1.54) is 11.0 Å². The standard InChI is InChI=1S/C15H19F2NO3/c1-2-3-6-21-15(20)18-5-4-10-7-11(14(16)17)8-13(19)12(10)9-18/h7-8,14,19H,2-6,9H2,1H3. The van der Waals surface area contributed by atoms with E-state index in [1.54, 1.807) is 0 Å². The van der Waals surface area contributed by atoms with Gasteiger partial charge in [-0.3, -0.25) is 0 Å². The summed E-state index contributed by atoms with van der Waals surface area (Å²) < 4.78 is 30.5. The molecule has 1 amide bonds. The summed E-state index contributed by atoms with van der Waals surface area (Å²) in [5.74, 6) is -0.186. The van der Waals surface area contributed by atoms with Gasteiger partial charge in [0.2, 0.25) is 0 Å². The maximum Gasteiger partial charge on any atom is 0.410 e. The van der Waals surface area contributed by atoms with Crippen LogP contribution in [0.4, 0.5) is 13.6 Å². The largest absolute Gasteiger partial charge is 0.508 e. The van der Waals surface area contributed by atoms with Crippen molar-refractivity contribution >= 4 is 6.09 Å². The Labute approximate surface area is 122 Å². The molecule has 1 aliphatic rings. The highest BCUT2D eigenvalue weighted by molar-refractivity contribution is 5.68. The van der Waals surface area contributed by atoms with Gasteiger partial charge in [-0.15, -0.1) is 0 Å². The second kappa shape index (κ2) is 6.74. The van der Waals surface area contributed by atoms with Crippen molar-refractivity contribution in [1.82, 2.24) is 4.90 Å². The summed E-state index contributed by atoms with van der Waals surface area (Å²) in [4.78, 5) is 13.4. The number of fused-ring (bicyclic) bond motifs is 1. The molecule has 1 N–H and O–H groups in total. The van der Waals surface area contributed by atoms with E-state index in [0.717, 1.165) is 18.9 Å². The Morgan fingerprint density at radius 3 is 2.90 bits per heavy atom. The minimum atomic E-state index is -2.61. The highest BCUT2D eigenvalue weighted by Gasteiger charge is 2.25. The Hall–Kier alpha value is -1.85. The zero-order chi connectivity index (χ0) is 15.4. The first-order valence-corrected chi connectivity index (χ1v) is 7.07. The lowest BCUT2D eigenvalue weighted by molar-refractivity contribution is 0.0961. The number of alkyl halides is 2. The average Bonchev–Trinajstić information content (AvgIpc) is 2.46. The van der Waals surface area contributed by atoms with Crippen LogP contribution < -0.4 is 0 Å². The number of hydrogen-bond acceptors (Lipinski definition) is 3. The molecule has 0 radical (unpaired) electrons. The molecular formula is C15H19F2NO3. The van der Waals surface area contributed by atoms with Crippen molar-refractivity contribution in [2.45, 2.75) is 39.2 Å². The SMILES string of the molecule is CCCCOC(=O)N1CCc2cc(C(F)F)cc(O)c2C1. The molecule has 6 heteroatoms. The molecule has 0 atom stereocenters. The fourth-order valence-electron chi connectivity index (χ4n) is 2.35. The number of halogens is 2. The van der Waals surface area contributed by atoms with Crippen LogP contribution in [0, 0.1) is 0 Å². The van der Waals surface area contributed by atoms with Crippen LogP contribution in [0.3, 0.4) is 0 Å². The van der Waals surface area contributed by atoms with Gasteiger partial charge in [-0.2, -0.15) is 0 Å². The molecule has 1 aliphatic heterocycles. The predicted octanol–water partition coefficient (Wildman–Crippen LogP) is 3.62. The number of unbranched alkanes of at least 4 members (excludes halogenated alkanes) is 1. The Kier molecular flexibility index (Phi) is 4.98. The van der Waals surface area contributed by atoms with Gasteiger partial charge in [-0.1, -0.05) is 13.3 Å². The molecule has 0 saturated carbocycles. The van der Waals surface area contributed by atoms with E-state index in [1.807, 2.05) is 6.92 Å². The molecule has 4 nitrogen and oxygen atoms in total. The number of ether oxygens (including phenoxy) is 1. The number of carbonyl (C=O) groups is 1. The third kappa shape index (κ3) is 3.62. The lowest BCUT2D eigenvalue weighted by Gasteiger charge is -2.29. The summed E-state index contributed by atoms with van der Waals surface area (Å²) in [5.41, 5.74) is 1.01. The van der Waals surface area contributed by atoms with Crippen LogP contribution >= 0.6 is 0 Å². The number of benzene rings is 1. The molecule has 21 heavy (non-hydrogen) atoms. The molecule has 1 aromatic rings. The topological polar surface area (TPSA) is 49.8 Å². The molecule has 2 rings (SSSR count). The van der Waals surface area contributed by atoms with Gasteiger partial charge in [0.25, 0.3) is 6.43 Å². The van der Waals surface area contributed by atoms with Crippen LogP contribution in [0.25, 0.3) is 0 Å². The van der Waals surface area contributed by atoms with Crippen molar-refractivity contribution in [3.05, 3.63) is 28.8 Å². The van der Waals surface area contributed by atoms with Crippen LogP contribution in [0.1, 0.15) is 42.9 Å². The van der Waals surface area contributed by atoms with Crippen LogP contribution in [0.5, 0.6) is 5.75 Å². The molecule has 0 aliphatic carbocycles. The van der Waals surface area contributed by atoms with Crippen molar-refractivity contribution in [3.8, 4) is 5.75 Å². The fourth-order valence-corrected chi connectivity index (χ4v) is 2.35. The van der Waals surface area contributed by atoms with E-state index in [2.05, 4.69) is 0 Å². The van der Waals surface area contributed by atoms with E-state index >= 15 is 0 Å². The monoisotopic (exact) mass is 299 g/mol. The third-order valence-electron chi connectivity index (χ3n) is 3.57. The zero-order valence-electron chi connectivity index (χ0n) is 11.9. The second-order valence-electron chi connectivity index (χ2n) is 5.12. The Bertz CT molecular complexity index is 520. The van der Waals surface area contributed by atoms with E-state index in [-0.39, 0.29) is 17.9 Å². The molecule has 0 saturated heterocycles. The fraction of sp³-hybridized carbons (Fsp3) is 0.533. The van der Waals surface area contributed by atoms with Crippen molar-refractivity contribution in [2.75, 3.05) is 13.2 Å². The Balaban J connectivity index is 2.08. The minimum Gasteiger partial charge on any atom is -0.508 e. The van der Waals surface area contributed by atoms with Crippen LogP contribution in [-0.2, 0) is 17.7 Å². The molecule has 1 aromatic carbocycles. The molecule has 116 valence electrons. The van der Waals surface area contributed by atoms with Gasteiger partial charge in [-0.05, 0) is 30.5 Å². The lowest BCUT2D eigenvalue weighted by Crippen LogP contribution is -2.36. The van der Waals surface area contributed by atoms with Gasteiger partial charge in [0.05, 0.1) is 13.2 Å². The second-order valence-corrected chi connectivity index (χ2v) is 5.12. The number of aromatic hydroxyl groups is 1. The zero-order valence-corrected chi connectivity index (χ0v) is 11.9. The average molecular weight is 299 g/mol. The van der Waals surface area contributed by atoms with Crippen molar-refractivity contribution in [3.63, 3.8) is 0 Å². The highest BCUT2D eigenvalue weighted by Crippen LogP contribution is 2.32. The summed E-state index contributed by atoms with van der Waals surface area (Å²) >= 11 is 0. The first kappa shape index (κ1) is 15.5. The Morgan fingerprint density at radius 1 is 1.48 bits per heavy atom.